The monoisotopic (exact) mass is 422 g/mol. The molecule has 0 radical (unpaired) electrons. The topological polar surface area (TPSA) is 62.6 Å². The summed E-state index contributed by atoms with van der Waals surface area (Å²) in [6.07, 6.45) is 0.506. The molecule has 0 aliphatic rings. The maximum atomic E-state index is 13.8. The minimum atomic E-state index is -1.71. The summed E-state index contributed by atoms with van der Waals surface area (Å²) >= 11 is 0. The fourth-order valence-corrected chi connectivity index (χ4v) is 3.05. The molecule has 0 saturated heterocycles. The summed E-state index contributed by atoms with van der Waals surface area (Å²) in [7, 11) is 0. The Morgan fingerprint density at radius 1 is 1.07 bits per heavy atom. The van der Waals surface area contributed by atoms with Gasteiger partial charge in [0.25, 0.3) is 5.91 Å². The third-order valence-corrected chi connectivity index (χ3v) is 4.52. The van der Waals surface area contributed by atoms with E-state index in [1.807, 2.05) is 0 Å². The van der Waals surface area contributed by atoms with Crippen LogP contribution in [-0.4, -0.2) is 29.8 Å². The van der Waals surface area contributed by atoms with Gasteiger partial charge in [0.15, 0.2) is 23.2 Å². The molecule has 0 aliphatic heterocycles. The lowest BCUT2D eigenvalue weighted by molar-refractivity contribution is -0.116. The first kappa shape index (κ1) is 21.4. The number of aryl methyl sites for hydroxylation is 1. The lowest BCUT2D eigenvalue weighted by atomic mass is 10.1. The number of fused-ring (bicyclic) bond motifs is 1. The van der Waals surface area contributed by atoms with Crippen LogP contribution >= 0.6 is 0 Å². The van der Waals surface area contributed by atoms with Crippen LogP contribution in [0, 0.1) is 30.2 Å². The zero-order chi connectivity index (χ0) is 22.0. The Morgan fingerprint density at radius 2 is 1.80 bits per heavy atom. The first-order valence-corrected chi connectivity index (χ1v) is 9.14. The first-order chi connectivity index (χ1) is 14.2. The number of anilines is 1. The van der Waals surface area contributed by atoms with E-state index in [2.05, 4.69) is 5.32 Å². The van der Waals surface area contributed by atoms with E-state index >= 15 is 0 Å². The summed E-state index contributed by atoms with van der Waals surface area (Å²) in [5, 5.41) is 2.56. The number of hydrogen-bond donors (Lipinski definition) is 1. The molecule has 3 rings (SSSR count). The van der Waals surface area contributed by atoms with E-state index in [-0.39, 0.29) is 12.3 Å². The molecule has 0 unspecified atom stereocenters. The molecule has 0 fully saturated rings. The Bertz CT molecular complexity index is 1130. The fraction of sp³-hybridized carbons (Fsp3) is 0.238. The van der Waals surface area contributed by atoms with Gasteiger partial charge in [-0.3, -0.25) is 9.59 Å². The van der Waals surface area contributed by atoms with Crippen molar-refractivity contribution in [3.05, 3.63) is 64.9 Å². The van der Waals surface area contributed by atoms with Gasteiger partial charge in [-0.25, -0.2) is 17.6 Å². The summed E-state index contributed by atoms with van der Waals surface area (Å²) in [6, 6.07) is 5.41. The average Bonchev–Trinajstić information content (AvgIpc) is 3.03. The molecule has 0 atom stereocenters. The summed E-state index contributed by atoms with van der Waals surface area (Å²) in [4.78, 5) is 26.4. The Kier molecular flexibility index (Phi) is 6.09. The fourth-order valence-electron chi connectivity index (χ4n) is 3.05. The summed E-state index contributed by atoms with van der Waals surface area (Å²) in [6.45, 7) is 3.08. The number of nitrogens with zero attached hydrogens (tertiary/aromatic N) is 1. The predicted molar refractivity (Wildman–Crippen MR) is 102 cm³/mol. The van der Waals surface area contributed by atoms with Crippen molar-refractivity contribution in [3.63, 3.8) is 0 Å². The van der Waals surface area contributed by atoms with Gasteiger partial charge in [0.05, 0.1) is 5.69 Å². The van der Waals surface area contributed by atoms with E-state index in [4.69, 9.17) is 4.42 Å². The molecule has 0 spiro atoms. The lowest BCUT2D eigenvalue weighted by Gasteiger charge is -2.21. The van der Waals surface area contributed by atoms with Gasteiger partial charge < -0.3 is 14.6 Å². The van der Waals surface area contributed by atoms with Gasteiger partial charge in [0.1, 0.15) is 17.9 Å². The van der Waals surface area contributed by atoms with Gasteiger partial charge in [-0.05, 0) is 43.7 Å². The SMILES string of the molecule is CCCN(CC(=O)Nc1ccc(F)c(F)c1F)C(=O)c1oc2ccc(F)cc2c1C. The minimum Gasteiger partial charge on any atom is -0.451 e. The number of amides is 2. The number of benzene rings is 2. The van der Waals surface area contributed by atoms with E-state index in [1.165, 1.54) is 23.1 Å². The molecule has 1 heterocycles. The molecule has 5 nitrogen and oxygen atoms in total. The van der Waals surface area contributed by atoms with Crippen molar-refractivity contribution in [1.29, 1.82) is 0 Å². The molecule has 3 aromatic rings. The molecule has 0 aliphatic carbocycles. The van der Waals surface area contributed by atoms with Crippen molar-refractivity contribution in [1.82, 2.24) is 4.90 Å². The van der Waals surface area contributed by atoms with Crippen molar-refractivity contribution in [2.75, 3.05) is 18.4 Å². The predicted octanol–water partition coefficient (Wildman–Crippen LogP) is 4.79. The zero-order valence-electron chi connectivity index (χ0n) is 16.2. The molecule has 0 bridgehead atoms. The highest BCUT2D eigenvalue weighted by Gasteiger charge is 2.25. The second-order valence-electron chi connectivity index (χ2n) is 6.69. The van der Waals surface area contributed by atoms with Crippen LogP contribution in [0.2, 0.25) is 0 Å². The van der Waals surface area contributed by atoms with Crippen LogP contribution in [0.4, 0.5) is 23.2 Å². The number of carbonyl (C=O) groups is 2. The Balaban J connectivity index is 1.82. The molecule has 1 aromatic heterocycles. The second-order valence-corrected chi connectivity index (χ2v) is 6.69. The van der Waals surface area contributed by atoms with Crippen molar-refractivity contribution >= 4 is 28.5 Å². The minimum absolute atomic E-state index is 0.0455. The smallest absolute Gasteiger partial charge is 0.290 e. The van der Waals surface area contributed by atoms with Gasteiger partial charge in [-0.2, -0.15) is 0 Å². The maximum absolute atomic E-state index is 13.8. The number of halogens is 4. The average molecular weight is 422 g/mol. The Morgan fingerprint density at radius 3 is 2.50 bits per heavy atom. The van der Waals surface area contributed by atoms with Crippen molar-refractivity contribution < 1.29 is 31.6 Å². The van der Waals surface area contributed by atoms with Gasteiger partial charge in [0, 0.05) is 17.5 Å². The molecule has 0 saturated carbocycles. The van der Waals surface area contributed by atoms with Gasteiger partial charge >= 0.3 is 0 Å². The van der Waals surface area contributed by atoms with E-state index in [0.717, 1.165) is 6.07 Å². The number of furan rings is 1. The van der Waals surface area contributed by atoms with E-state index in [1.54, 1.807) is 13.8 Å². The van der Waals surface area contributed by atoms with Crippen LogP contribution in [0.3, 0.4) is 0 Å². The highest BCUT2D eigenvalue weighted by atomic mass is 19.2. The number of nitrogens with one attached hydrogen (secondary N) is 1. The van der Waals surface area contributed by atoms with Crippen molar-refractivity contribution in [2.24, 2.45) is 0 Å². The molecule has 2 aromatic carbocycles. The second kappa shape index (κ2) is 8.56. The van der Waals surface area contributed by atoms with Crippen molar-refractivity contribution in [2.45, 2.75) is 20.3 Å². The molecule has 2 amide bonds. The molecule has 158 valence electrons. The summed E-state index contributed by atoms with van der Waals surface area (Å²) in [5.41, 5.74) is 0.197. The van der Waals surface area contributed by atoms with Crippen LogP contribution in [0.1, 0.15) is 29.5 Å². The molecule has 1 N–H and O–H groups in total. The quantitative estimate of drug-likeness (QED) is 0.459. The van der Waals surface area contributed by atoms with Gasteiger partial charge in [-0.15, -0.1) is 0 Å². The van der Waals surface area contributed by atoms with Gasteiger partial charge in [-0.1, -0.05) is 6.92 Å². The van der Waals surface area contributed by atoms with Crippen LogP contribution in [0.25, 0.3) is 11.0 Å². The van der Waals surface area contributed by atoms with Crippen LogP contribution in [0.15, 0.2) is 34.7 Å². The summed E-state index contributed by atoms with van der Waals surface area (Å²) < 4.78 is 59.2. The number of rotatable bonds is 6. The third-order valence-electron chi connectivity index (χ3n) is 4.52. The largest absolute Gasteiger partial charge is 0.451 e. The van der Waals surface area contributed by atoms with Crippen LogP contribution < -0.4 is 5.32 Å². The van der Waals surface area contributed by atoms with Crippen LogP contribution in [0.5, 0.6) is 0 Å². The molecule has 30 heavy (non-hydrogen) atoms. The van der Waals surface area contributed by atoms with E-state index < -0.39 is 47.3 Å². The lowest BCUT2D eigenvalue weighted by Crippen LogP contribution is -2.38. The standard InChI is InChI=1S/C21H18F4N2O3/c1-3-8-27(10-17(28)26-15-6-5-14(23)18(24)19(15)25)21(29)20-11(2)13-9-12(22)4-7-16(13)30-20/h4-7,9H,3,8,10H2,1-2H3,(H,26,28). The molecular weight excluding hydrogens is 404 g/mol. The Labute approximate surface area is 169 Å². The highest BCUT2D eigenvalue weighted by Crippen LogP contribution is 2.27. The Hall–Kier alpha value is -3.36. The first-order valence-electron chi connectivity index (χ1n) is 9.14. The molecule has 9 heteroatoms. The van der Waals surface area contributed by atoms with E-state index in [0.29, 0.717) is 29.0 Å². The van der Waals surface area contributed by atoms with Crippen molar-refractivity contribution in [3.8, 4) is 0 Å². The number of carbonyl (C=O) groups excluding carboxylic acids is 2. The van der Waals surface area contributed by atoms with E-state index in [9.17, 15) is 27.2 Å². The van der Waals surface area contributed by atoms with Crippen LogP contribution in [-0.2, 0) is 4.79 Å². The highest BCUT2D eigenvalue weighted by molar-refractivity contribution is 6.01. The summed E-state index contributed by atoms with van der Waals surface area (Å²) in [5.74, 6) is -6.57. The maximum Gasteiger partial charge on any atom is 0.290 e. The zero-order valence-corrected chi connectivity index (χ0v) is 16.2. The number of hydrogen-bond acceptors (Lipinski definition) is 3. The normalized spacial score (nSPS) is 11.0. The third kappa shape index (κ3) is 4.14. The molecular formula is C21H18F4N2O3. The van der Waals surface area contributed by atoms with Gasteiger partial charge in [0.2, 0.25) is 5.91 Å².